The predicted octanol–water partition coefficient (Wildman–Crippen LogP) is 1.97. The van der Waals surface area contributed by atoms with Crippen molar-refractivity contribution in [3.05, 3.63) is 24.3 Å². The van der Waals surface area contributed by atoms with Gasteiger partial charge in [-0.3, -0.25) is 4.79 Å². The van der Waals surface area contributed by atoms with Gasteiger partial charge in [-0.2, -0.15) is 0 Å². The number of benzene rings is 1. The van der Waals surface area contributed by atoms with Crippen LogP contribution in [0.5, 0.6) is 11.5 Å². The van der Waals surface area contributed by atoms with Gasteiger partial charge in [0.05, 0.1) is 7.11 Å². The van der Waals surface area contributed by atoms with Crippen LogP contribution in [0.15, 0.2) is 24.3 Å². The van der Waals surface area contributed by atoms with Crippen molar-refractivity contribution in [3.63, 3.8) is 0 Å². The Bertz CT molecular complexity index is 384. The molecule has 1 aromatic rings. The molecule has 0 heterocycles. The Labute approximate surface area is 94.2 Å². The summed E-state index contributed by atoms with van der Waals surface area (Å²) in [7, 11) is 1.47. The van der Waals surface area contributed by atoms with Crippen molar-refractivity contribution in [2.45, 2.75) is 19.8 Å². The van der Waals surface area contributed by atoms with Crippen molar-refractivity contribution in [1.29, 1.82) is 0 Å². The number of esters is 1. The van der Waals surface area contributed by atoms with Crippen LogP contribution in [-0.2, 0) is 9.59 Å². The van der Waals surface area contributed by atoms with Crippen LogP contribution in [0.3, 0.4) is 0 Å². The minimum atomic E-state index is -0.841. The first kappa shape index (κ1) is 12.2. The average Bonchev–Trinajstić information content (AvgIpc) is 2.30. The molecule has 0 aromatic heterocycles. The van der Waals surface area contributed by atoms with E-state index in [1.807, 2.05) is 6.92 Å². The van der Waals surface area contributed by atoms with Crippen molar-refractivity contribution in [2.24, 2.45) is 0 Å². The largest absolute Gasteiger partial charge is 0.493 e. The third-order valence-electron chi connectivity index (χ3n) is 1.98. The van der Waals surface area contributed by atoms with Crippen molar-refractivity contribution < 1.29 is 19.1 Å². The number of Topliss-reactive ketones (excluding diaryl/α,β-unsaturated/α-hetero) is 1. The summed E-state index contributed by atoms with van der Waals surface area (Å²) in [5.41, 5.74) is 0. The van der Waals surface area contributed by atoms with Gasteiger partial charge in [-0.15, -0.1) is 0 Å². The Morgan fingerprint density at radius 3 is 2.38 bits per heavy atom. The van der Waals surface area contributed by atoms with Crippen LogP contribution < -0.4 is 9.47 Å². The fourth-order valence-corrected chi connectivity index (χ4v) is 1.19. The van der Waals surface area contributed by atoms with Gasteiger partial charge in [0.2, 0.25) is 5.78 Å². The zero-order valence-electron chi connectivity index (χ0n) is 9.36. The number of para-hydroxylation sites is 2. The van der Waals surface area contributed by atoms with E-state index >= 15 is 0 Å². The Hall–Kier alpha value is -1.84. The molecule has 0 aliphatic rings. The summed E-state index contributed by atoms with van der Waals surface area (Å²) in [5, 5.41) is 0. The molecule has 0 aliphatic heterocycles. The Morgan fingerprint density at radius 1 is 1.19 bits per heavy atom. The number of hydrogen-bond donors (Lipinski definition) is 0. The highest BCUT2D eigenvalue weighted by molar-refractivity contribution is 6.34. The molecule has 0 atom stereocenters. The lowest BCUT2D eigenvalue weighted by atomic mass is 10.2. The number of rotatable bonds is 5. The van der Waals surface area contributed by atoms with Crippen molar-refractivity contribution in [2.75, 3.05) is 7.11 Å². The van der Waals surface area contributed by atoms with Gasteiger partial charge < -0.3 is 9.47 Å². The summed E-state index contributed by atoms with van der Waals surface area (Å²) < 4.78 is 9.93. The number of ether oxygens (including phenoxy) is 2. The van der Waals surface area contributed by atoms with Gasteiger partial charge in [0.15, 0.2) is 11.5 Å². The van der Waals surface area contributed by atoms with Gasteiger partial charge in [0.25, 0.3) is 0 Å². The van der Waals surface area contributed by atoms with E-state index in [-0.39, 0.29) is 12.2 Å². The molecule has 0 unspecified atom stereocenters. The van der Waals surface area contributed by atoms with Gasteiger partial charge in [-0.1, -0.05) is 19.1 Å². The second-order valence-electron chi connectivity index (χ2n) is 3.21. The van der Waals surface area contributed by atoms with Gasteiger partial charge >= 0.3 is 5.97 Å². The lowest BCUT2D eigenvalue weighted by Crippen LogP contribution is -2.20. The maximum Gasteiger partial charge on any atom is 0.380 e. The van der Waals surface area contributed by atoms with Crippen LogP contribution in [0.25, 0.3) is 0 Å². The zero-order valence-corrected chi connectivity index (χ0v) is 9.36. The number of carbonyl (C=O) groups is 2. The first-order valence-corrected chi connectivity index (χ1v) is 5.07. The molecule has 0 aliphatic carbocycles. The highest BCUT2D eigenvalue weighted by Crippen LogP contribution is 2.25. The van der Waals surface area contributed by atoms with Gasteiger partial charge in [-0.05, 0) is 18.6 Å². The summed E-state index contributed by atoms with van der Waals surface area (Å²) >= 11 is 0. The van der Waals surface area contributed by atoms with E-state index in [0.717, 1.165) is 0 Å². The van der Waals surface area contributed by atoms with E-state index in [0.29, 0.717) is 12.2 Å². The summed E-state index contributed by atoms with van der Waals surface area (Å²) in [6.07, 6.45) is 0.827. The van der Waals surface area contributed by atoms with Crippen LogP contribution in [0.2, 0.25) is 0 Å². The highest BCUT2D eigenvalue weighted by Gasteiger charge is 2.16. The molecule has 0 N–H and O–H groups in total. The molecular formula is C12H14O4. The van der Waals surface area contributed by atoms with Gasteiger partial charge in [0.1, 0.15) is 0 Å². The topological polar surface area (TPSA) is 52.6 Å². The lowest BCUT2D eigenvalue weighted by Gasteiger charge is -2.07. The fraction of sp³-hybridized carbons (Fsp3) is 0.333. The monoisotopic (exact) mass is 222 g/mol. The molecule has 0 radical (unpaired) electrons. The predicted molar refractivity (Wildman–Crippen MR) is 58.5 cm³/mol. The van der Waals surface area contributed by atoms with E-state index in [1.54, 1.807) is 24.3 Å². The van der Waals surface area contributed by atoms with E-state index in [2.05, 4.69) is 0 Å². The van der Waals surface area contributed by atoms with E-state index < -0.39 is 11.8 Å². The summed E-state index contributed by atoms with van der Waals surface area (Å²) in [6, 6.07) is 6.70. The third-order valence-corrected chi connectivity index (χ3v) is 1.98. The molecule has 0 saturated heterocycles. The van der Waals surface area contributed by atoms with Crippen molar-refractivity contribution in [1.82, 2.24) is 0 Å². The molecule has 1 aromatic carbocycles. The lowest BCUT2D eigenvalue weighted by molar-refractivity contribution is -0.147. The minimum Gasteiger partial charge on any atom is -0.493 e. The Morgan fingerprint density at radius 2 is 1.81 bits per heavy atom. The maximum atomic E-state index is 11.3. The molecule has 4 heteroatoms. The van der Waals surface area contributed by atoms with Crippen LogP contribution in [0.1, 0.15) is 19.8 Å². The Balaban J connectivity index is 2.73. The SMILES string of the molecule is CCCC(=O)C(=O)Oc1ccccc1OC. The number of carbonyl (C=O) groups excluding carboxylic acids is 2. The molecule has 0 spiro atoms. The van der Waals surface area contributed by atoms with Crippen LogP contribution in [0, 0.1) is 0 Å². The van der Waals surface area contributed by atoms with Gasteiger partial charge in [0, 0.05) is 6.42 Å². The highest BCUT2D eigenvalue weighted by atomic mass is 16.6. The molecular weight excluding hydrogens is 208 g/mol. The maximum absolute atomic E-state index is 11.3. The number of ketones is 1. The summed E-state index contributed by atoms with van der Waals surface area (Å²) in [5.74, 6) is -0.667. The standard InChI is InChI=1S/C12H14O4/c1-3-6-9(13)12(14)16-11-8-5-4-7-10(11)15-2/h4-5,7-8H,3,6H2,1-2H3. The van der Waals surface area contributed by atoms with E-state index in [4.69, 9.17) is 9.47 Å². The second kappa shape index (κ2) is 5.90. The average molecular weight is 222 g/mol. The van der Waals surface area contributed by atoms with Crippen molar-refractivity contribution >= 4 is 11.8 Å². The molecule has 16 heavy (non-hydrogen) atoms. The first-order chi connectivity index (χ1) is 7.69. The van der Waals surface area contributed by atoms with E-state index in [1.165, 1.54) is 7.11 Å². The molecule has 86 valence electrons. The van der Waals surface area contributed by atoms with Crippen LogP contribution in [-0.4, -0.2) is 18.9 Å². The van der Waals surface area contributed by atoms with Crippen LogP contribution in [0.4, 0.5) is 0 Å². The normalized spacial score (nSPS) is 9.62. The quantitative estimate of drug-likeness (QED) is 0.434. The van der Waals surface area contributed by atoms with Crippen molar-refractivity contribution in [3.8, 4) is 11.5 Å². The van der Waals surface area contributed by atoms with Crippen LogP contribution >= 0.6 is 0 Å². The Kier molecular flexibility index (Phi) is 4.51. The molecule has 0 fully saturated rings. The summed E-state index contributed by atoms with van der Waals surface area (Å²) in [6.45, 7) is 1.83. The second-order valence-corrected chi connectivity index (χ2v) is 3.21. The van der Waals surface area contributed by atoms with E-state index in [9.17, 15) is 9.59 Å². The minimum absolute atomic E-state index is 0.202. The smallest absolute Gasteiger partial charge is 0.380 e. The fourth-order valence-electron chi connectivity index (χ4n) is 1.19. The number of methoxy groups -OCH3 is 1. The molecule has 4 nitrogen and oxygen atoms in total. The molecule has 1 rings (SSSR count). The molecule has 0 bridgehead atoms. The zero-order chi connectivity index (χ0) is 12.0. The number of hydrogen-bond acceptors (Lipinski definition) is 4. The first-order valence-electron chi connectivity index (χ1n) is 5.07. The van der Waals surface area contributed by atoms with Gasteiger partial charge in [-0.25, -0.2) is 4.79 Å². The molecule has 0 saturated carbocycles. The molecule has 0 amide bonds. The third kappa shape index (κ3) is 3.08. The summed E-state index contributed by atoms with van der Waals surface area (Å²) in [4.78, 5) is 22.6.